The molecule has 0 spiro atoms. The number of hydrogen-bond donors (Lipinski definition) is 0. The van der Waals surface area contributed by atoms with Crippen LogP contribution < -0.4 is 0 Å². The van der Waals surface area contributed by atoms with Gasteiger partial charge in [-0.15, -0.1) is 0 Å². The van der Waals surface area contributed by atoms with Gasteiger partial charge in [0, 0.05) is 17.5 Å². The normalized spacial score (nSPS) is 15.1. The quantitative estimate of drug-likeness (QED) is 0.354. The minimum absolute atomic E-state index is 0.0408. The molecule has 0 bridgehead atoms. The van der Waals surface area contributed by atoms with Crippen LogP contribution in [0.25, 0.3) is 10.4 Å². The molecule has 1 rings (SSSR count). The highest BCUT2D eigenvalue weighted by Gasteiger charge is 2.30. The van der Waals surface area contributed by atoms with E-state index in [1.54, 1.807) is 4.90 Å². The topological polar surface area (TPSA) is 69.1 Å². The van der Waals surface area contributed by atoms with Gasteiger partial charge in [0.1, 0.15) is 6.54 Å². The van der Waals surface area contributed by atoms with E-state index in [0.717, 1.165) is 12.8 Å². The zero-order valence-electron chi connectivity index (χ0n) is 7.10. The largest absolute Gasteiger partial charge is 0.340 e. The molecule has 0 N–H and O–H groups in total. The van der Waals surface area contributed by atoms with Gasteiger partial charge >= 0.3 is 0 Å². The zero-order valence-corrected chi connectivity index (χ0v) is 7.10. The van der Waals surface area contributed by atoms with E-state index in [2.05, 4.69) is 10.0 Å². The first-order chi connectivity index (χ1) is 5.79. The molecule has 66 valence electrons. The highest BCUT2D eigenvalue weighted by Crippen LogP contribution is 2.26. The monoisotopic (exact) mass is 168 g/mol. The average molecular weight is 168 g/mol. The van der Waals surface area contributed by atoms with E-state index in [-0.39, 0.29) is 12.5 Å². The van der Waals surface area contributed by atoms with Crippen LogP contribution in [0.5, 0.6) is 0 Å². The molecule has 1 fully saturated rings. The van der Waals surface area contributed by atoms with Gasteiger partial charge in [-0.25, -0.2) is 0 Å². The molecule has 0 radical (unpaired) electrons. The van der Waals surface area contributed by atoms with Crippen molar-refractivity contribution in [3.63, 3.8) is 0 Å². The summed E-state index contributed by atoms with van der Waals surface area (Å²) in [4.78, 5) is 15.6. The third-order valence-electron chi connectivity index (χ3n) is 1.92. The Labute approximate surface area is 71.0 Å². The molecule has 5 nitrogen and oxygen atoms in total. The summed E-state index contributed by atoms with van der Waals surface area (Å²) in [6, 6.07) is 0.413. The first kappa shape index (κ1) is 8.87. The number of likely N-dealkylation sites (N-methyl/N-ethyl adjacent to an activating group) is 1. The molecule has 0 heterocycles. The summed E-state index contributed by atoms with van der Waals surface area (Å²) in [6.45, 7) is 2.61. The van der Waals surface area contributed by atoms with Crippen LogP contribution >= 0.6 is 0 Å². The lowest BCUT2D eigenvalue weighted by Crippen LogP contribution is -2.34. The molecular weight excluding hydrogens is 156 g/mol. The summed E-state index contributed by atoms with van der Waals surface area (Å²) in [7, 11) is 0. The van der Waals surface area contributed by atoms with Crippen LogP contribution in [0.2, 0.25) is 0 Å². The predicted octanol–water partition coefficient (Wildman–Crippen LogP) is 1.31. The molecule has 12 heavy (non-hydrogen) atoms. The maximum Gasteiger partial charge on any atom is 0.228 e. The summed E-state index contributed by atoms with van der Waals surface area (Å²) in [5.41, 5.74) is 8.01. The van der Waals surface area contributed by atoms with Gasteiger partial charge in [-0.05, 0) is 25.3 Å². The van der Waals surface area contributed by atoms with Crippen LogP contribution in [0.4, 0.5) is 0 Å². The van der Waals surface area contributed by atoms with Gasteiger partial charge in [0.05, 0.1) is 0 Å². The number of carbonyl (C=O) groups excluding carboxylic acids is 1. The fourth-order valence-electron chi connectivity index (χ4n) is 1.21. The maximum atomic E-state index is 11.3. The Bertz CT molecular complexity index is 217. The number of nitrogens with zero attached hydrogens (tertiary/aromatic N) is 4. The Balaban J connectivity index is 2.41. The minimum atomic E-state index is -0.0576. The molecule has 1 saturated carbocycles. The molecule has 0 aromatic heterocycles. The van der Waals surface area contributed by atoms with Gasteiger partial charge in [-0.1, -0.05) is 5.11 Å². The van der Waals surface area contributed by atoms with Gasteiger partial charge in [0.15, 0.2) is 0 Å². The van der Waals surface area contributed by atoms with Crippen molar-refractivity contribution in [3.8, 4) is 0 Å². The summed E-state index contributed by atoms with van der Waals surface area (Å²) in [6.07, 6.45) is 2.19. The standard InChI is InChI=1S/C7H12N4O/c1-2-11(6-3-4-6)7(12)5-9-10-8/h6H,2-5H2,1H3. The van der Waals surface area contributed by atoms with Crippen molar-refractivity contribution in [1.29, 1.82) is 0 Å². The molecule has 0 atom stereocenters. The van der Waals surface area contributed by atoms with Crippen LogP contribution in [0, 0.1) is 0 Å². The van der Waals surface area contributed by atoms with E-state index in [4.69, 9.17) is 5.53 Å². The lowest BCUT2D eigenvalue weighted by molar-refractivity contribution is -0.129. The van der Waals surface area contributed by atoms with Gasteiger partial charge in [0.25, 0.3) is 0 Å². The van der Waals surface area contributed by atoms with Gasteiger partial charge in [0.2, 0.25) is 5.91 Å². The second kappa shape index (κ2) is 3.97. The molecule has 0 saturated heterocycles. The van der Waals surface area contributed by atoms with Crippen molar-refractivity contribution in [2.24, 2.45) is 5.11 Å². The Kier molecular flexibility index (Phi) is 2.94. The molecule has 0 aliphatic heterocycles. The van der Waals surface area contributed by atoms with Crippen LogP contribution in [-0.4, -0.2) is 29.9 Å². The molecule has 0 unspecified atom stereocenters. The number of carbonyl (C=O) groups is 1. The Morgan fingerprint density at radius 1 is 1.75 bits per heavy atom. The second-order valence-corrected chi connectivity index (χ2v) is 2.80. The number of rotatable bonds is 4. The van der Waals surface area contributed by atoms with E-state index in [0.29, 0.717) is 12.6 Å². The molecular formula is C7H12N4O. The maximum absolute atomic E-state index is 11.3. The Morgan fingerprint density at radius 2 is 2.42 bits per heavy atom. The van der Waals surface area contributed by atoms with Gasteiger partial charge in [-0.2, -0.15) is 0 Å². The lowest BCUT2D eigenvalue weighted by atomic mass is 10.4. The molecule has 0 aromatic carbocycles. The van der Waals surface area contributed by atoms with E-state index in [1.807, 2.05) is 6.92 Å². The number of amides is 1. The van der Waals surface area contributed by atoms with Gasteiger partial charge < -0.3 is 4.90 Å². The third kappa shape index (κ3) is 2.13. The van der Waals surface area contributed by atoms with Crippen LogP contribution in [-0.2, 0) is 4.79 Å². The molecule has 1 aliphatic carbocycles. The first-order valence-corrected chi connectivity index (χ1v) is 4.10. The smallest absolute Gasteiger partial charge is 0.228 e. The van der Waals surface area contributed by atoms with E-state index in [9.17, 15) is 4.79 Å². The third-order valence-corrected chi connectivity index (χ3v) is 1.92. The van der Waals surface area contributed by atoms with E-state index in [1.165, 1.54) is 0 Å². The molecule has 1 amide bonds. The molecule has 0 aromatic rings. The van der Waals surface area contributed by atoms with Crippen LogP contribution in [0.1, 0.15) is 19.8 Å². The highest BCUT2D eigenvalue weighted by atomic mass is 16.2. The van der Waals surface area contributed by atoms with E-state index < -0.39 is 0 Å². The number of azide groups is 1. The zero-order chi connectivity index (χ0) is 8.97. The van der Waals surface area contributed by atoms with Crippen LogP contribution in [0.3, 0.4) is 0 Å². The lowest BCUT2D eigenvalue weighted by Gasteiger charge is -2.18. The summed E-state index contributed by atoms with van der Waals surface area (Å²) >= 11 is 0. The minimum Gasteiger partial charge on any atom is -0.340 e. The van der Waals surface area contributed by atoms with Crippen LogP contribution in [0.15, 0.2) is 5.11 Å². The number of hydrogen-bond acceptors (Lipinski definition) is 2. The van der Waals surface area contributed by atoms with Gasteiger partial charge in [-0.3, -0.25) is 4.79 Å². The van der Waals surface area contributed by atoms with Crippen molar-refractivity contribution >= 4 is 5.91 Å². The summed E-state index contributed by atoms with van der Waals surface area (Å²) < 4.78 is 0. The predicted molar refractivity (Wildman–Crippen MR) is 44.4 cm³/mol. The van der Waals surface area contributed by atoms with E-state index >= 15 is 0 Å². The van der Waals surface area contributed by atoms with Crippen molar-refractivity contribution in [3.05, 3.63) is 10.4 Å². The summed E-state index contributed by atoms with van der Waals surface area (Å²) in [5, 5.41) is 3.24. The highest BCUT2D eigenvalue weighted by molar-refractivity contribution is 5.79. The van der Waals surface area contributed by atoms with Crippen molar-refractivity contribution in [1.82, 2.24) is 4.90 Å². The SMILES string of the molecule is CCN(C(=O)CN=[N+]=[N-])C1CC1. The van der Waals surface area contributed by atoms with Crippen molar-refractivity contribution < 1.29 is 4.79 Å². The van der Waals surface area contributed by atoms with Crippen molar-refractivity contribution in [2.75, 3.05) is 13.1 Å². The fourth-order valence-corrected chi connectivity index (χ4v) is 1.21. The van der Waals surface area contributed by atoms with Crippen molar-refractivity contribution in [2.45, 2.75) is 25.8 Å². The molecule has 1 aliphatic rings. The fraction of sp³-hybridized carbons (Fsp3) is 0.857. The average Bonchev–Trinajstić information content (AvgIpc) is 2.86. The second-order valence-electron chi connectivity index (χ2n) is 2.80. The Morgan fingerprint density at radius 3 is 2.83 bits per heavy atom. The first-order valence-electron chi connectivity index (χ1n) is 4.10. The Hall–Kier alpha value is -1.22. The summed E-state index contributed by atoms with van der Waals surface area (Å²) in [5.74, 6) is -0.0576. The molecule has 5 heteroatoms.